The van der Waals surface area contributed by atoms with Gasteiger partial charge in [-0.15, -0.1) is 11.8 Å². The summed E-state index contributed by atoms with van der Waals surface area (Å²) in [5.41, 5.74) is 2.14. The predicted molar refractivity (Wildman–Crippen MR) is 110 cm³/mol. The predicted octanol–water partition coefficient (Wildman–Crippen LogP) is 2.74. The van der Waals surface area contributed by atoms with E-state index in [0.29, 0.717) is 13.0 Å². The molecule has 1 atom stereocenters. The molecule has 0 aliphatic carbocycles. The molecule has 1 fully saturated rings. The number of nitrogens with zero attached hydrogens (tertiary/aromatic N) is 1. The van der Waals surface area contributed by atoms with Crippen molar-refractivity contribution < 1.29 is 22.7 Å². The van der Waals surface area contributed by atoms with Crippen LogP contribution < -0.4 is 0 Å². The summed E-state index contributed by atoms with van der Waals surface area (Å²) in [6.07, 6.45) is 0.438. The van der Waals surface area contributed by atoms with Gasteiger partial charge in [0.05, 0.1) is 17.3 Å². The topological polar surface area (TPSA) is 80.8 Å². The zero-order valence-electron chi connectivity index (χ0n) is 15.7. The number of thioether (sulfide) groups is 1. The Morgan fingerprint density at radius 1 is 1.30 bits per heavy atom. The summed E-state index contributed by atoms with van der Waals surface area (Å²) in [5, 5.41) is 0. The fraction of sp³-hybridized carbons (Fsp3) is 0.556. The number of likely N-dealkylation sites (N-methyl/N-ethyl adjacent to an activating group) is 1. The highest BCUT2D eigenvalue weighted by molar-refractivity contribution is 9.10. The molecular formula is C18H24BrNO5S2. The maximum Gasteiger partial charge on any atom is 0.316 e. The minimum absolute atomic E-state index is 0.0153. The average molecular weight is 478 g/mol. The van der Waals surface area contributed by atoms with Crippen molar-refractivity contribution in [2.24, 2.45) is 0 Å². The van der Waals surface area contributed by atoms with Crippen LogP contribution in [-0.2, 0) is 24.2 Å². The molecule has 27 heavy (non-hydrogen) atoms. The van der Waals surface area contributed by atoms with E-state index in [-0.39, 0.29) is 35.8 Å². The van der Waals surface area contributed by atoms with E-state index in [4.69, 9.17) is 4.74 Å². The van der Waals surface area contributed by atoms with Gasteiger partial charge in [0.25, 0.3) is 5.91 Å². The number of sulfone groups is 1. The summed E-state index contributed by atoms with van der Waals surface area (Å²) in [6.45, 7) is 5.77. The van der Waals surface area contributed by atoms with Crippen LogP contribution in [0.15, 0.2) is 21.5 Å². The number of benzene rings is 1. The summed E-state index contributed by atoms with van der Waals surface area (Å²) in [6, 6.07) is 3.68. The third-order valence-electron chi connectivity index (χ3n) is 4.47. The molecule has 1 heterocycles. The van der Waals surface area contributed by atoms with Gasteiger partial charge in [-0.25, -0.2) is 8.42 Å². The minimum Gasteiger partial charge on any atom is -0.455 e. The molecule has 9 heteroatoms. The number of halogens is 1. The van der Waals surface area contributed by atoms with Gasteiger partial charge in [0.1, 0.15) is 0 Å². The highest BCUT2D eigenvalue weighted by atomic mass is 79.9. The summed E-state index contributed by atoms with van der Waals surface area (Å²) in [4.78, 5) is 26.8. The lowest BCUT2D eigenvalue weighted by atomic mass is 10.2. The van der Waals surface area contributed by atoms with Crippen molar-refractivity contribution in [3.63, 3.8) is 0 Å². The standard InChI is InChI=1S/C18H24BrNO5S2/c1-4-20(14-5-6-27(23,24)11-14)17(21)9-25-18(22)10-26-16-8-12(2)15(19)7-13(16)3/h7-8,14H,4-6,9-11H2,1-3H3. The zero-order chi connectivity index (χ0) is 20.2. The van der Waals surface area contributed by atoms with Crippen molar-refractivity contribution in [2.75, 3.05) is 30.4 Å². The molecule has 0 spiro atoms. The molecule has 1 unspecified atom stereocenters. The monoisotopic (exact) mass is 477 g/mol. The van der Waals surface area contributed by atoms with Gasteiger partial charge in [0, 0.05) is 22.0 Å². The molecule has 1 amide bonds. The lowest BCUT2D eigenvalue weighted by molar-refractivity contribution is -0.150. The average Bonchev–Trinajstić information content (AvgIpc) is 2.95. The number of hydrogen-bond acceptors (Lipinski definition) is 6. The number of ether oxygens (including phenoxy) is 1. The van der Waals surface area contributed by atoms with Gasteiger partial charge < -0.3 is 9.64 Å². The Hall–Kier alpha value is -1.06. The molecule has 0 bridgehead atoms. The van der Waals surface area contributed by atoms with E-state index in [1.54, 1.807) is 6.92 Å². The Kier molecular flexibility index (Phi) is 7.76. The minimum atomic E-state index is -3.07. The van der Waals surface area contributed by atoms with Crippen molar-refractivity contribution in [1.29, 1.82) is 0 Å². The van der Waals surface area contributed by atoms with E-state index in [1.807, 2.05) is 26.0 Å². The van der Waals surface area contributed by atoms with Crippen LogP contribution in [-0.4, -0.2) is 61.6 Å². The molecule has 0 aromatic heterocycles. The van der Waals surface area contributed by atoms with Crippen molar-refractivity contribution >= 4 is 49.4 Å². The van der Waals surface area contributed by atoms with Gasteiger partial charge in [-0.05, 0) is 50.5 Å². The Morgan fingerprint density at radius 3 is 2.59 bits per heavy atom. The van der Waals surface area contributed by atoms with Crippen LogP contribution in [0.25, 0.3) is 0 Å². The van der Waals surface area contributed by atoms with Gasteiger partial charge in [0.2, 0.25) is 0 Å². The van der Waals surface area contributed by atoms with Crippen LogP contribution in [0.3, 0.4) is 0 Å². The molecule has 6 nitrogen and oxygen atoms in total. The summed E-state index contributed by atoms with van der Waals surface area (Å²) < 4.78 is 29.4. The Balaban J connectivity index is 1.84. The maximum absolute atomic E-state index is 12.3. The molecule has 2 rings (SSSR count). The maximum atomic E-state index is 12.3. The second kappa shape index (κ2) is 9.43. The largest absolute Gasteiger partial charge is 0.455 e. The first-order chi connectivity index (χ1) is 12.6. The molecule has 1 aromatic carbocycles. The van der Waals surface area contributed by atoms with E-state index in [2.05, 4.69) is 15.9 Å². The van der Waals surface area contributed by atoms with Gasteiger partial charge in [-0.3, -0.25) is 9.59 Å². The molecule has 0 saturated carbocycles. The molecule has 1 aromatic rings. The Labute approximate surface area is 173 Å². The van der Waals surface area contributed by atoms with Crippen molar-refractivity contribution in [1.82, 2.24) is 4.90 Å². The number of carbonyl (C=O) groups is 2. The fourth-order valence-corrected chi connectivity index (χ4v) is 6.06. The molecular weight excluding hydrogens is 454 g/mol. The smallest absolute Gasteiger partial charge is 0.316 e. The van der Waals surface area contributed by atoms with Crippen molar-refractivity contribution in [2.45, 2.75) is 38.1 Å². The Morgan fingerprint density at radius 2 is 2.00 bits per heavy atom. The number of rotatable bonds is 7. The first-order valence-electron chi connectivity index (χ1n) is 8.68. The quantitative estimate of drug-likeness (QED) is 0.443. The summed E-state index contributed by atoms with van der Waals surface area (Å²) >= 11 is 4.84. The molecule has 1 saturated heterocycles. The van der Waals surface area contributed by atoms with E-state index < -0.39 is 15.8 Å². The first-order valence-corrected chi connectivity index (χ1v) is 12.3. The zero-order valence-corrected chi connectivity index (χ0v) is 18.9. The third-order valence-corrected chi connectivity index (χ3v) is 8.20. The van der Waals surface area contributed by atoms with E-state index in [1.165, 1.54) is 16.7 Å². The van der Waals surface area contributed by atoms with Crippen molar-refractivity contribution in [3.8, 4) is 0 Å². The molecule has 1 aliphatic heterocycles. The lowest BCUT2D eigenvalue weighted by Crippen LogP contribution is -2.43. The van der Waals surface area contributed by atoms with Crippen LogP contribution in [0.2, 0.25) is 0 Å². The van der Waals surface area contributed by atoms with Crippen LogP contribution in [0.4, 0.5) is 0 Å². The van der Waals surface area contributed by atoms with Gasteiger partial charge >= 0.3 is 5.97 Å². The van der Waals surface area contributed by atoms with Crippen LogP contribution in [0.5, 0.6) is 0 Å². The highest BCUT2D eigenvalue weighted by Gasteiger charge is 2.34. The molecule has 0 N–H and O–H groups in total. The summed E-state index contributed by atoms with van der Waals surface area (Å²) in [5.74, 6) is -0.626. The second-order valence-electron chi connectivity index (χ2n) is 6.55. The van der Waals surface area contributed by atoms with Gasteiger partial charge in [0.15, 0.2) is 16.4 Å². The van der Waals surface area contributed by atoms with E-state index in [0.717, 1.165) is 20.5 Å². The van der Waals surface area contributed by atoms with Gasteiger partial charge in [-0.1, -0.05) is 15.9 Å². The van der Waals surface area contributed by atoms with Crippen LogP contribution >= 0.6 is 27.7 Å². The second-order valence-corrected chi connectivity index (χ2v) is 10.7. The number of hydrogen-bond donors (Lipinski definition) is 0. The molecule has 150 valence electrons. The van der Waals surface area contributed by atoms with E-state index in [9.17, 15) is 18.0 Å². The van der Waals surface area contributed by atoms with Crippen LogP contribution in [0, 0.1) is 13.8 Å². The normalized spacial score (nSPS) is 18.3. The lowest BCUT2D eigenvalue weighted by Gasteiger charge is -2.26. The number of carbonyl (C=O) groups excluding carboxylic acids is 2. The van der Waals surface area contributed by atoms with Crippen molar-refractivity contribution in [3.05, 3.63) is 27.7 Å². The molecule has 1 aliphatic rings. The van der Waals surface area contributed by atoms with Crippen LogP contribution in [0.1, 0.15) is 24.5 Å². The fourth-order valence-electron chi connectivity index (χ4n) is 2.97. The SMILES string of the molecule is CCN(C(=O)COC(=O)CSc1cc(C)c(Br)cc1C)C1CCS(=O)(=O)C1. The number of aryl methyl sites for hydroxylation is 2. The van der Waals surface area contributed by atoms with Gasteiger partial charge in [-0.2, -0.15) is 0 Å². The number of amides is 1. The summed E-state index contributed by atoms with van der Waals surface area (Å²) in [7, 11) is -3.07. The third kappa shape index (κ3) is 6.22. The highest BCUT2D eigenvalue weighted by Crippen LogP contribution is 2.28. The molecule has 0 radical (unpaired) electrons. The Bertz CT molecular complexity index is 825. The first kappa shape index (κ1) is 22.2. The number of esters is 1. The van der Waals surface area contributed by atoms with E-state index >= 15 is 0 Å².